The number of hydrogen-bond acceptors (Lipinski definition) is 2. The monoisotopic (exact) mass is 224 g/mol. The second-order valence-corrected chi connectivity index (χ2v) is 3.03. The molecule has 0 spiro atoms. The van der Waals surface area contributed by atoms with Crippen molar-refractivity contribution in [2.45, 2.75) is 12.8 Å². The van der Waals surface area contributed by atoms with Crippen molar-refractivity contribution in [2.24, 2.45) is 0 Å². The van der Waals surface area contributed by atoms with Crippen LogP contribution in [0.15, 0.2) is 30.3 Å². The number of rotatable bonds is 4. The lowest BCUT2D eigenvalue weighted by atomic mass is 10.2. The van der Waals surface area contributed by atoms with Crippen LogP contribution in [0.2, 0.25) is 0 Å². The summed E-state index contributed by atoms with van der Waals surface area (Å²) < 4.78 is 24.6. The quantitative estimate of drug-likeness (QED) is 0.786. The van der Waals surface area contributed by atoms with Gasteiger partial charge in [0.1, 0.15) is 0 Å². The third-order valence-corrected chi connectivity index (χ3v) is 1.97. The average molecular weight is 224 g/mol. The van der Waals surface area contributed by atoms with Crippen LogP contribution in [-0.4, -0.2) is 18.9 Å². The number of benzene rings is 1. The standard InChI is InChI=1S/C11H10F2N2O/c12-10(13)11(16)15(8-4-7-14)9-5-2-1-3-6-9/h1-3,5-6,10H,4,8H2. The zero-order valence-electron chi connectivity index (χ0n) is 8.44. The summed E-state index contributed by atoms with van der Waals surface area (Å²) in [7, 11) is 0. The maximum absolute atomic E-state index is 12.3. The van der Waals surface area contributed by atoms with Crippen molar-refractivity contribution >= 4 is 11.6 Å². The highest BCUT2D eigenvalue weighted by Gasteiger charge is 2.23. The van der Waals surface area contributed by atoms with Gasteiger partial charge in [-0.1, -0.05) is 18.2 Å². The maximum atomic E-state index is 12.3. The Kier molecular flexibility index (Phi) is 4.40. The van der Waals surface area contributed by atoms with Crippen LogP contribution in [-0.2, 0) is 4.79 Å². The summed E-state index contributed by atoms with van der Waals surface area (Å²) in [6, 6.07) is 9.94. The summed E-state index contributed by atoms with van der Waals surface area (Å²) in [4.78, 5) is 12.1. The Balaban J connectivity index is 2.88. The fourth-order valence-electron chi connectivity index (χ4n) is 1.25. The number of carbonyl (C=O) groups is 1. The minimum absolute atomic E-state index is 0.0212. The first-order chi connectivity index (χ1) is 7.66. The molecule has 0 unspecified atom stereocenters. The normalized spacial score (nSPS) is 9.88. The molecule has 1 aromatic carbocycles. The molecule has 1 amide bonds. The minimum atomic E-state index is -3.06. The maximum Gasteiger partial charge on any atom is 0.316 e. The van der Waals surface area contributed by atoms with Gasteiger partial charge in [-0.05, 0) is 12.1 Å². The van der Waals surface area contributed by atoms with E-state index < -0.39 is 12.3 Å². The van der Waals surface area contributed by atoms with E-state index in [1.54, 1.807) is 30.3 Å². The van der Waals surface area contributed by atoms with Crippen molar-refractivity contribution in [3.63, 3.8) is 0 Å². The molecule has 0 saturated heterocycles. The zero-order valence-corrected chi connectivity index (χ0v) is 8.44. The Morgan fingerprint density at radius 1 is 1.38 bits per heavy atom. The number of hydrogen-bond donors (Lipinski definition) is 0. The van der Waals surface area contributed by atoms with Crippen LogP contribution >= 0.6 is 0 Å². The molecule has 5 heteroatoms. The van der Waals surface area contributed by atoms with E-state index in [1.807, 2.05) is 6.07 Å². The van der Waals surface area contributed by atoms with E-state index in [4.69, 9.17) is 5.26 Å². The van der Waals surface area contributed by atoms with Gasteiger partial charge in [-0.2, -0.15) is 14.0 Å². The van der Waals surface area contributed by atoms with Gasteiger partial charge in [0.25, 0.3) is 5.91 Å². The molecule has 16 heavy (non-hydrogen) atoms. The van der Waals surface area contributed by atoms with Gasteiger partial charge in [-0.15, -0.1) is 0 Å². The van der Waals surface area contributed by atoms with Crippen molar-refractivity contribution in [3.8, 4) is 6.07 Å². The zero-order chi connectivity index (χ0) is 12.0. The molecule has 0 fully saturated rings. The van der Waals surface area contributed by atoms with Crippen LogP contribution in [0.1, 0.15) is 6.42 Å². The molecule has 0 aliphatic rings. The summed E-state index contributed by atoms with van der Waals surface area (Å²) in [6.45, 7) is -0.0241. The molecular formula is C11H10F2N2O. The summed E-state index contributed by atoms with van der Waals surface area (Å²) in [6.07, 6.45) is -3.04. The lowest BCUT2D eigenvalue weighted by Gasteiger charge is -2.20. The van der Waals surface area contributed by atoms with Crippen molar-refractivity contribution in [3.05, 3.63) is 30.3 Å². The van der Waals surface area contributed by atoms with Gasteiger partial charge in [-0.3, -0.25) is 4.79 Å². The largest absolute Gasteiger partial charge is 0.316 e. The second-order valence-electron chi connectivity index (χ2n) is 3.03. The molecule has 0 N–H and O–H groups in total. The molecule has 0 radical (unpaired) electrons. The Labute approximate surface area is 91.9 Å². The Bertz CT molecular complexity index is 387. The first kappa shape index (κ1) is 12.1. The second kappa shape index (κ2) is 5.81. The van der Waals surface area contributed by atoms with Gasteiger partial charge in [0, 0.05) is 12.2 Å². The van der Waals surface area contributed by atoms with Crippen LogP contribution in [0.3, 0.4) is 0 Å². The van der Waals surface area contributed by atoms with E-state index in [0.717, 1.165) is 4.90 Å². The van der Waals surface area contributed by atoms with Crippen LogP contribution < -0.4 is 4.90 Å². The average Bonchev–Trinajstić information content (AvgIpc) is 2.30. The van der Waals surface area contributed by atoms with Crippen molar-refractivity contribution in [1.29, 1.82) is 5.26 Å². The molecule has 0 atom stereocenters. The van der Waals surface area contributed by atoms with Gasteiger partial charge < -0.3 is 4.90 Å². The SMILES string of the molecule is N#CCCN(C(=O)C(F)F)c1ccccc1. The van der Waals surface area contributed by atoms with Crippen LogP contribution in [0.4, 0.5) is 14.5 Å². The minimum Gasteiger partial charge on any atom is -0.306 e. The number of para-hydroxylation sites is 1. The molecule has 0 heterocycles. The van der Waals surface area contributed by atoms with Gasteiger partial charge in [0.2, 0.25) is 0 Å². The topological polar surface area (TPSA) is 44.1 Å². The molecule has 0 aliphatic heterocycles. The number of nitrogens with zero attached hydrogens (tertiary/aromatic N) is 2. The Hall–Kier alpha value is -1.96. The first-order valence-corrected chi connectivity index (χ1v) is 4.68. The van der Waals surface area contributed by atoms with Gasteiger partial charge in [0.15, 0.2) is 0 Å². The highest BCUT2D eigenvalue weighted by atomic mass is 19.3. The molecule has 3 nitrogen and oxygen atoms in total. The van der Waals surface area contributed by atoms with Crippen molar-refractivity contribution in [1.82, 2.24) is 0 Å². The summed E-state index contributed by atoms with van der Waals surface area (Å²) in [5.74, 6) is -1.28. The van der Waals surface area contributed by atoms with Gasteiger partial charge in [0.05, 0.1) is 12.5 Å². The van der Waals surface area contributed by atoms with Gasteiger partial charge >= 0.3 is 6.43 Å². The highest BCUT2D eigenvalue weighted by Crippen LogP contribution is 2.16. The number of amides is 1. The van der Waals surface area contributed by atoms with Crippen LogP contribution in [0, 0.1) is 11.3 Å². The summed E-state index contributed by atoms with van der Waals surface area (Å²) in [5, 5.41) is 8.41. The number of alkyl halides is 2. The molecular weight excluding hydrogens is 214 g/mol. The van der Waals surface area contributed by atoms with E-state index in [0.29, 0.717) is 5.69 Å². The molecule has 84 valence electrons. The fourth-order valence-corrected chi connectivity index (χ4v) is 1.25. The van der Waals surface area contributed by atoms with E-state index >= 15 is 0 Å². The first-order valence-electron chi connectivity index (χ1n) is 4.68. The molecule has 1 rings (SSSR count). The molecule has 0 saturated carbocycles. The molecule has 0 bridgehead atoms. The van der Waals surface area contributed by atoms with Gasteiger partial charge in [-0.25, -0.2) is 0 Å². The smallest absolute Gasteiger partial charge is 0.306 e. The predicted molar refractivity (Wildman–Crippen MR) is 55.0 cm³/mol. The van der Waals surface area contributed by atoms with E-state index in [-0.39, 0.29) is 13.0 Å². The molecule has 0 aliphatic carbocycles. The lowest BCUT2D eigenvalue weighted by Crippen LogP contribution is -2.36. The third kappa shape index (κ3) is 3.02. The highest BCUT2D eigenvalue weighted by molar-refractivity contribution is 5.95. The number of anilines is 1. The lowest BCUT2D eigenvalue weighted by molar-refractivity contribution is -0.128. The fraction of sp³-hybridized carbons (Fsp3) is 0.273. The summed E-state index contributed by atoms with van der Waals surface area (Å²) in [5.41, 5.74) is 0.378. The van der Waals surface area contributed by atoms with E-state index in [2.05, 4.69) is 0 Å². The number of carbonyl (C=O) groups excluding carboxylic acids is 1. The van der Waals surface area contributed by atoms with E-state index in [1.165, 1.54) is 0 Å². The predicted octanol–water partition coefficient (Wildman–Crippen LogP) is 2.20. The summed E-state index contributed by atoms with van der Waals surface area (Å²) >= 11 is 0. The van der Waals surface area contributed by atoms with Crippen molar-refractivity contribution < 1.29 is 13.6 Å². The Morgan fingerprint density at radius 3 is 2.50 bits per heavy atom. The molecule has 1 aromatic rings. The number of halogens is 2. The Morgan fingerprint density at radius 2 is 2.00 bits per heavy atom. The van der Waals surface area contributed by atoms with Crippen molar-refractivity contribution in [2.75, 3.05) is 11.4 Å². The van der Waals surface area contributed by atoms with Crippen LogP contribution in [0.5, 0.6) is 0 Å². The van der Waals surface area contributed by atoms with Crippen LogP contribution in [0.25, 0.3) is 0 Å². The molecule has 0 aromatic heterocycles. The number of nitriles is 1. The van der Waals surface area contributed by atoms with E-state index in [9.17, 15) is 13.6 Å². The third-order valence-electron chi connectivity index (χ3n) is 1.97.